The third-order valence-electron chi connectivity index (χ3n) is 3.51. The van der Waals surface area contributed by atoms with Crippen LogP contribution in [-0.2, 0) is 26.4 Å². The lowest BCUT2D eigenvalue weighted by atomic mass is 10.1. The van der Waals surface area contributed by atoms with E-state index in [1.54, 1.807) is 0 Å². The summed E-state index contributed by atoms with van der Waals surface area (Å²) in [5.41, 5.74) is 2.42. The third-order valence-corrected chi connectivity index (χ3v) is 3.51. The Kier molecular flexibility index (Phi) is 4.37. The van der Waals surface area contributed by atoms with Crippen molar-refractivity contribution in [3.63, 3.8) is 0 Å². The highest BCUT2D eigenvalue weighted by molar-refractivity contribution is 5.14. The van der Waals surface area contributed by atoms with Crippen molar-refractivity contribution in [2.75, 3.05) is 7.05 Å². The number of aromatic nitrogens is 4. The summed E-state index contributed by atoms with van der Waals surface area (Å²) in [7, 11) is 4.01. The molecule has 2 heterocycles. The molecule has 104 valence electrons. The second-order valence-electron chi connectivity index (χ2n) is 4.74. The maximum atomic E-state index is 4.60. The van der Waals surface area contributed by atoms with Gasteiger partial charge in [-0.15, -0.1) is 0 Å². The van der Waals surface area contributed by atoms with Crippen LogP contribution in [0.15, 0.2) is 18.5 Å². The molecular formula is C14H23N5. The van der Waals surface area contributed by atoms with Gasteiger partial charge in [-0.1, -0.05) is 6.92 Å². The Hall–Kier alpha value is -1.62. The van der Waals surface area contributed by atoms with Gasteiger partial charge in [-0.3, -0.25) is 4.68 Å². The van der Waals surface area contributed by atoms with Crippen molar-refractivity contribution in [2.24, 2.45) is 7.05 Å². The van der Waals surface area contributed by atoms with Crippen molar-refractivity contribution < 1.29 is 0 Å². The smallest absolute Gasteiger partial charge is 0.125 e. The summed E-state index contributed by atoms with van der Waals surface area (Å²) >= 11 is 0. The molecule has 1 N–H and O–H groups in total. The third kappa shape index (κ3) is 2.87. The SMILES string of the molecule is CCc1cc(CC(NC)c2nccn2C)n(CC)n1. The van der Waals surface area contributed by atoms with Crippen LogP contribution in [0.2, 0.25) is 0 Å². The minimum atomic E-state index is 0.215. The minimum absolute atomic E-state index is 0.215. The zero-order valence-corrected chi connectivity index (χ0v) is 12.2. The molecule has 1 unspecified atom stereocenters. The predicted molar refractivity (Wildman–Crippen MR) is 76.0 cm³/mol. The van der Waals surface area contributed by atoms with Crippen LogP contribution in [0.4, 0.5) is 0 Å². The molecule has 5 nitrogen and oxygen atoms in total. The number of hydrogen-bond donors (Lipinski definition) is 1. The lowest BCUT2D eigenvalue weighted by Crippen LogP contribution is -2.23. The second kappa shape index (κ2) is 6.02. The van der Waals surface area contributed by atoms with Crippen LogP contribution in [0.25, 0.3) is 0 Å². The molecule has 0 aliphatic rings. The van der Waals surface area contributed by atoms with E-state index in [-0.39, 0.29) is 6.04 Å². The Balaban J connectivity index is 2.23. The van der Waals surface area contributed by atoms with E-state index in [0.29, 0.717) is 0 Å². The monoisotopic (exact) mass is 261 g/mol. The molecule has 19 heavy (non-hydrogen) atoms. The topological polar surface area (TPSA) is 47.7 Å². The molecule has 0 aliphatic heterocycles. The summed E-state index contributed by atoms with van der Waals surface area (Å²) in [5, 5.41) is 7.95. The van der Waals surface area contributed by atoms with Gasteiger partial charge >= 0.3 is 0 Å². The van der Waals surface area contributed by atoms with Gasteiger partial charge in [-0.2, -0.15) is 5.10 Å². The van der Waals surface area contributed by atoms with E-state index >= 15 is 0 Å². The quantitative estimate of drug-likeness (QED) is 0.861. The summed E-state index contributed by atoms with van der Waals surface area (Å²) in [4.78, 5) is 4.44. The molecule has 0 aliphatic carbocycles. The Labute approximate surface area is 114 Å². The second-order valence-corrected chi connectivity index (χ2v) is 4.74. The van der Waals surface area contributed by atoms with Gasteiger partial charge in [0.1, 0.15) is 5.82 Å². The number of likely N-dealkylation sites (N-methyl/N-ethyl adjacent to an activating group) is 1. The Bertz CT molecular complexity index is 526. The lowest BCUT2D eigenvalue weighted by molar-refractivity contribution is 0.507. The van der Waals surface area contributed by atoms with E-state index in [0.717, 1.165) is 30.9 Å². The van der Waals surface area contributed by atoms with Crippen molar-refractivity contribution in [2.45, 2.75) is 39.3 Å². The van der Waals surface area contributed by atoms with Crippen LogP contribution >= 0.6 is 0 Å². The van der Waals surface area contributed by atoms with Crippen molar-refractivity contribution in [1.82, 2.24) is 24.6 Å². The van der Waals surface area contributed by atoms with Gasteiger partial charge in [0.2, 0.25) is 0 Å². The number of nitrogens with zero attached hydrogens (tertiary/aromatic N) is 4. The number of aryl methyl sites for hydroxylation is 3. The standard InChI is InChI=1S/C14H23N5/c1-5-11-9-12(19(6-2)17-11)10-13(15-3)14-16-7-8-18(14)4/h7-9,13,15H,5-6,10H2,1-4H3. The van der Waals surface area contributed by atoms with Gasteiger partial charge in [-0.05, 0) is 26.5 Å². The molecule has 0 bridgehead atoms. The van der Waals surface area contributed by atoms with E-state index in [9.17, 15) is 0 Å². The average Bonchev–Trinajstić information content (AvgIpc) is 3.01. The minimum Gasteiger partial charge on any atom is -0.337 e. The molecule has 0 amide bonds. The highest BCUT2D eigenvalue weighted by atomic mass is 15.3. The van der Waals surface area contributed by atoms with Crippen molar-refractivity contribution >= 4 is 0 Å². The number of imidazole rings is 1. The zero-order valence-electron chi connectivity index (χ0n) is 12.2. The van der Waals surface area contributed by atoms with Gasteiger partial charge in [0.05, 0.1) is 11.7 Å². The fraction of sp³-hybridized carbons (Fsp3) is 0.571. The van der Waals surface area contributed by atoms with Crippen molar-refractivity contribution in [3.8, 4) is 0 Å². The molecule has 0 spiro atoms. The fourth-order valence-electron chi connectivity index (χ4n) is 2.37. The van der Waals surface area contributed by atoms with Crippen LogP contribution < -0.4 is 5.32 Å². The molecule has 5 heteroatoms. The Morgan fingerprint density at radius 3 is 2.68 bits per heavy atom. The van der Waals surface area contributed by atoms with Gasteiger partial charge < -0.3 is 9.88 Å². The van der Waals surface area contributed by atoms with Crippen molar-refractivity contribution in [3.05, 3.63) is 35.7 Å². The average molecular weight is 261 g/mol. The normalized spacial score (nSPS) is 12.8. The molecule has 0 aromatic carbocycles. The van der Waals surface area contributed by atoms with Crippen LogP contribution in [0.3, 0.4) is 0 Å². The lowest BCUT2D eigenvalue weighted by Gasteiger charge is -2.16. The summed E-state index contributed by atoms with van der Waals surface area (Å²) in [6, 6.07) is 2.42. The molecule has 0 saturated heterocycles. The molecule has 0 fully saturated rings. The molecular weight excluding hydrogens is 238 g/mol. The first-order valence-corrected chi connectivity index (χ1v) is 6.89. The van der Waals surface area contributed by atoms with Crippen molar-refractivity contribution in [1.29, 1.82) is 0 Å². The Morgan fingerprint density at radius 1 is 1.37 bits per heavy atom. The number of rotatable bonds is 6. The molecule has 0 radical (unpaired) electrons. The molecule has 2 aromatic rings. The largest absolute Gasteiger partial charge is 0.337 e. The fourth-order valence-corrected chi connectivity index (χ4v) is 2.37. The van der Waals surface area contributed by atoms with Gasteiger partial charge in [0, 0.05) is 38.1 Å². The Morgan fingerprint density at radius 2 is 2.16 bits per heavy atom. The summed E-state index contributed by atoms with van der Waals surface area (Å²) in [5.74, 6) is 1.06. The van der Waals surface area contributed by atoms with E-state index in [1.807, 2.05) is 26.5 Å². The van der Waals surface area contributed by atoms with Crippen LogP contribution in [-0.4, -0.2) is 26.4 Å². The highest BCUT2D eigenvalue weighted by Crippen LogP contribution is 2.17. The van der Waals surface area contributed by atoms with E-state index in [4.69, 9.17) is 0 Å². The molecule has 0 saturated carbocycles. The predicted octanol–water partition coefficient (Wildman–Crippen LogP) is 1.70. The van der Waals surface area contributed by atoms with E-state index < -0.39 is 0 Å². The summed E-state index contributed by atoms with van der Waals surface area (Å²) in [6.45, 7) is 5.18. The number of hydrogen-bond acceptors (Lipinski definition) is 3. The first-order chi connectivity index (χ1) is 9.19. The molecule has 1 atom stereocenters. The van der Waals surface area contributed by atoms with Crippen LogP contribution in [0.5, 0.6) is 0 Å². The first kappa shape index (κ1) is 13.8. The molecule has 2 rings (SSSR count). The van der Waals surface area contributed by atoms with E-state index in [1.165, 1.54) is 5.69 Å². The maximum Gasteiger partial charge on any atom is 0.125 e. The van der Waals surface area contributed by atoms with Gasteiger partial charge in [-0.25, -0.2) is 4.98 Å². The number of nitrogens with one attached hydrogen (secondary N) is 1. The maximum absolute atomic E-state index is 4.60. The zero-order chi connectivity index (χ0) is 13.8. The van der Waals surface area contributed by atoms with Gasteiger partial charge in [0.25, 0.3) is 0 Å². The van der Waals surface area contributed by atoms with E-state index in [2.05, 4.69) is 44.6 Å². The first-order valence-electron chi connectivity index (χ1n) is 6.89. The van der Waals surface area contributed by atoms with Crippen LogP contribution in [0.1, 0.15) is 37.1 Å². The molecule has 2 aromatic heterocycles. The summed E-state index contributed by atoms with van der Waals surface area (Å²) < 4.78 is 4.15. The highest BCUT2D eigenvalue weighted by Gasteiger charge is 2.17. The summed E-state index contributed by atoms with van der Waals surface area (Å²) in [6.07, 6.45) is 5.71. The van der Waals surface area contributed by atoms with Crippen LogP contribution in [0, 0.1) is 0 Å². The van der Waals surface area contributed by atoms with Gasteiger partial charge in [0.15, 0.2) is 0 Å².